The van der Waals surface area contributed by atoms with Crippen LogP contribution in [0, 0.1) is 41.5 Å². The first-order valence-electron chi connectivity index (χ1n) is 11.1. The summed E-state index contributed by atoms with van der Waals surface area (Å²) in [5.74, 6) is 0. The molecule has 0 aliphatic rings. The Kier molecular flexibility index (Phi) is 6.92. The second-order valence-electron chi connectivity index (χ2n) is 8.71. The van der Waals surface area contributed by atoms with E-state index < -0.39 is 0 Å². The molecular weight excluding hydrogens is 362 g/mol. The first kappa shape index (κ1) is 22.0. The van der Waals surface area contributed by atoms with Crippen molar-refractivity contribution in [2.75, 3.05) is 0 Å². The maximum absolute atomic E-state index is 2.45. The molecule has 0 radical (unpaired) electrons. The SMILES string of the molecule is CC[n+]1c(/C=C/c2c(C)cc(C)cc2C)cccc1CCc1c(C)cc(C)cc1C. The van der Waals surface area contributed by atoms with Crippen LogP contribution in [-0.4, -0.2) is 0 Å². The quantitative estimate of drug-likeness (QED) is 0.402. The molecule has 0 amide bonds. The largest absolute Gasteiger partial charge is 0.205 e. The van der Waals surface area contributed by atoms with Gasteiger partial charge < -0.3 is 0 Å². The molecule has 0 spiro atoms. The zero-order valence-electron chi connectivity index (χ0n) is 19.8. The van der Waals surface area contributed by atoms with Crippen molar-refractivity contribution in [3.63, 3.8) is 0 Å². The Morgan fingerprint density at radius 2 is 1.27 bits per heavy atom. The van der Waals surface area contributed by atoms with E-state index in [-0.39, 0.29) is 0 Å². The molecule has 1 heterocycles. The van der Waals surface area contributed by atoms with Gasteiger partial charge in [-0.15, -0.1) is 0 Å². The van der Waals surface area contributed by atoms with Gasteiger partial charge >= 0.3 is 0 Å². The normalized spacial score (nSPS) is 11.4. The molecule has 0 unspecified atom stereocenters. The summed E-state index contributed by atoms with van der Waals surface area (Å²) in [5, 5.41) is 0. The van der Waals surface area contributed by atoms with Gasteiger partial charge in [0.25, 0.3) is 0 Å². The molecule has 0 saturated carbocycles. The van der Waals surface area contributed by atoms with Gasteiger partial charge in [-0.2, -0.15) is 4.57 Å². The van der Waals surface area contributed by atoms with Crippen LogP contribution in [0.2, 0.25) is 0 Å². The first-order chi connectivity index (χ1) is 14.3. The lowest BCUT2D eigenvalue weighted by molar-refractivity contribution is -0.702. The highest BCUT2D eigenvalue weighted by Crippen LogP contribution is 2.20. The molecule has 3 aromatic rings. The number of pyridine rings is 1. The zero-order chi connectivity index (χ0) is 21.8. The monoisotopic (exact) mass is 398 g/mol. The van der Waals surface area contributed by atoms with Crippen molar-refractivity contribution >= 4 is 12.2 Å². The second-order valence-corrected chi connectivity index (χ2v) is 8.71. The smallest absolute Gasteiger partial charge is 0.196 e. The number of hydrogen-bond donors (Lipinski definition) is 0. The predicted octanol–water partition coefficient (Wildman–Crippen LogP) is 6.80. The molecule has 1 heteroatoms. The van der Waals surface area contributed by atoms with Crippen molar-refractivity contribution < 1.29 is 4.57 Å². The van der Waals surface area contributed by atoms with E-state index in [1.54, 1.807) is 0 Å². The second kappa shape index (κ2) is 9.43. The van der Waals surface area contributed by atoms with Gasteiger partial charge in [0.1, 0.15) is 6.54 Å². The van der Waals surface area contributed by atoms with Crippen LogP contribution in [0.4, 0.5) is 0 Å². The van der Waals surface area contributed by atoms with E-state index in [1.165, 1.54) is 55.9 Å². The van der Waals surface area contributed by atoms with Crippen molar-refractivity contribution in [3.8, 4) is 0 Å². The summed E-state index contributed by atoms with van der Waals surface area (Å²) >= 11 is 0. The highest BCUT2D eigenvalue weighted by Gasteiger charge is 2.14. The van der Waals surface area contributed by atoms with Crippen LogP contribution in [0.1, 0.15) is 62.8 Å². The maximum Gasteiger partial charge on any atom is 0.205 e. The summed E-state index contributed by atoms with van der Waals surface area (Å²) in [4.78, 5) is 0. The van der Waals surface area contributed by atoms with E-state index >= 15 is 0 Å². The summed E-state index contributed by atoms with van der Waals surface area (Å²) < 4.78 is 2.45. The van der Waals surface area contributed by atoms with Gasteiger partial charge in [-0.1, -0.05) is 35.4 Å². The van der Waals surface area contributed by atoms with Gasteiger partial charge in [-0.3, -0.25) is 0 Å². The molecule has 1 aromatic heterocycles. The Morgan fingerprint density at radius 3 is 1.83 bits per heavy atom. The summed E-state index contributed by atoms with van der Waals surface area (Å²) in [5.41, 5.74) is 13.7. The third kappa shape index (κ3) is 4.90. The van der Waals surface area contributed by atoms with Gasteiger partial charge in [-0.05, 0) is 100 Å². The zero-order valence-corrected chi connectivity index (χ0v) is 19.8. The van der Waals surface area contributed by atoms with Crippen LogP contribution >= 0.6 is 0 Å². The molecule has 3 rings (SSSR count). The predicted molar refractivity (Wildman–Crippen MR) is 130 cm³/mol. The molecular formula is C29H36N+. The molecule has 2 aromatic carbocycles. The van der Waals surface area contributed by atoms with E-state index in [4.69, 9.17) is 0 Å². The van der Waals surface area contributed by atoms with Crippen molar-refractivity contribution in [1.82, 2.24) is 0 Å². The third-order valence-electron chi connectivity index (χ3n) is 6.16. The summed E-state index contributed by atoms with van der Waals surface area (Å²) in [6, 6.07) is 15.9. The van der Waals surface area contributed by atoms with Gasteiger partial charge in [0.2, 0.25) is 5.69 Å². The summed E-state index contributed by atoms with van der Waals surface area (Å²) in [6.07, 6.45) is 6.70. The number of aromatic nitrogens is 1. The van der Waals surface area contributed by atoms with Crippen LogP contribution in [0.15, 0.2) is 42.5 Å². The van der Waals surface area contributed by atoms with Crippen molar-refractivity contribution in [2.24, 2.45) is 0 Å². The fourth-order valence-corrected chi connectivity index (χ4v) is 4.83. The van der Waals surface area contributed by atoms with Gasteiger partial charge in [0, 0.05) is 24.6 Å². The molecule has 0 bridgehead atoms. The molecule has 30 heavy (non-hydrogen) atoms. The Hall–Kier alpha value is -2.67. The minimum absolute atomic E-state index is 0.980. The topological polar surface area (TPSA) is 3.88 Å². The lowest BCUT2D eigenvalue weighted by Crippen LogP contribution is -2.40. The van der Waals surface area contributed by atoms with Crippen LogP contribution in [0.25, 0.3) is 12.2 Å². The van der Waals surface area contributed by atoms with E-state index in [0.717, 1.165) is 19.4 Å². The Bertz CT molecular complexity index is 1040. The molecule has 156 valence electrons. The molecule has 0 aliphatic heterocycles. The average Bonchev–Trinajstić information content (AvgIpc) is 2.66. The fraction of sp³-hybridized carbons (Fsp3) is 0.345. The number of hydrogen-bond acceptors (Lipinski definition) is 0. The lowest BCUT2D eigenvalue weighted by atomic mass is 9.95. The van der Waals surface area contributed by atoms with E-state index in [9.17, 15) is 0 Å². The Labute approximate surface area is 183 Å². The van der Waals surface area contributed by atoms with E-state index in [1.807, 2.05) is 0 Å². The van der Waals surface area contributed by atoms with Crippen LogP contribution in [-0.2, 0) is 19.4 Å². The van der Waals surface area contributed by atoms with E-state index in [0.29, 0.717) is 0 Å². The summed E-state index contributed by atoms with van der Waals surface area (Å²) in [7, 11) is 0. The Balaban J connectivity index is 1.88. The van der Waals surface area contributed by atoms with Crippen LogP contribution < -0.4 is 4.57 Å². The number of nitrogens with zero attached hydrogens (tertiary/aromatic N) is 1. The highest BCUT2D eigenvalue weighted by molar-refractivity contribution is 5.71. The molecule has 0 fully saturated rings. The fourth-order valence-electron chi connectivity index (χ4n) is 4.83. The molecule has 1 nitrogen and oxygen atoms in total. The van der Waals surface area contributed by atoms with E-state index in [2.05, 4.69) is 108 Å². The highest BCUT2D eigenvalue weighted by atomic mass is 15.0. The van der Waals surface area contributed by atoms with Crippen LogP contribution in [0.5, 0.6) is 0 Å². The molecule has 0 aliphatic carbocycles. The maximum atomic E-state index is 2.45. The van der Waals surface area contributed by atoms with Gasteiger partial charge in [0.05, 0.1) is 0 Å². The minimum atomic E-state index is 0.980. The molecule has 0 N–H and O–H groups in total. The minimum Gasteiger partial charge on any atom is -0.196 e. The first-order valence-corrected chi connectivity index (χ1v) is 11.1. The average molecular weight is 399 g/mol. The molecule has 0 saturated heterocycles. The third-order valence-corrected chi connectivity index (χ3v) is 6.16. The van der Waals surface area contributed by atoms with Gasteiger partial charge in [0.15, 0.2) is 5.69 Å². The number of rotatable bonds is 6. The van der Waals surface area contributed by atoms with Crippen molar-refractivity contribution in [2.45, 2.75) is 67.9 Å². The summed E-state index contributed by atoms with van der Waals surface area (Å²) in [6.45, 7) is 16.5. The van der Waals surface area contributed by atoms with Crippen molar-refractivity contribution in [1.29, 1.82) is 0 Å². The molecule has 0 atom stereocenters. The van der Waals surface area contributed by atoms with Gasteiger partial charge in [-0.25, -0.2) is 0 Å². The van der Waals surface area contributed by atoms with Crippen molar-refractivity contribution in [3.05, 3.63) is 98.4 Å². The Morgan fingerprint density at radius 1 is 0.700 bits per heavy atom. The standard InChI is InChI=1S/C29H36N/c1-8-30-26(12-14-28-22(4)16-20(2)17-23(28)5)10-9-11-27(30)13-15-29-24(6)18-21(3)19-25(29)7/h9-12,14,16-19H,8,13,15H2,1-7H3/q+1/b14-12+. The number of aryl methyl sites for hydroxylation is 7. The number of benzene rings is 2. The lowest BCUT2D eigenvalue weighted by Gasteiger charge is -2.12. The van der Waals surface area contributed by atoms with Crippen LogP contribution in [0.3, 0.4) is 0 Å².